The highest BCUT2D eigenvalue weighted by atomic mass is 32.1. The summed E-state index contributed by atoms with van der Waals surface area (Å²) in [5, 5.41) is 13.2. The molecule has 9 heteroatoms. The smallest absolute Gasteiger partial charge is 0.426 e. The van der Waals surface area contributed by atoms with Crippen LogP contribution in [0.5, 0.6) is 5.75 Å². The lowest BCUT2D eigenvalue weighted by atomic mass is 10.0. The van der Waals surface area contributed by atoms with Crippen LogP contribution in [0, 0.1) is 0 Å². The Kier molecular flexibility index (Phi) is 4.08. The number of ketones is 1. The number of carbonyl (C=O) groups is 2. The molecule has 0 aliphatic carbocycles. The van der Waals surface area contributed by atoms with E-state index < -0.39 is 23.5 Å². The Morgan fingerprint density at radius 3 is 2.72 bits per heavy atom. The molecule has 1 amide bonds. The molecule has 1 aromatic carbocycles. The highest BCUT2D eigenvalue weighted by molar-refractivity contribution is 7.12. The summed E-state index contributed by atoms with van der Waals surface area (Å²) in [6.45, 7) is 0.481. The highest BCUT2D eigenvalue weighted by Crippen LogP contribution is 2.37. The van der Waals surface area contributed by atoms with Crippen LogP contribution < -0.4 is 10.1 Å². The van der Waals surface area contributed by atoms with Gasteiger partial charge in [-0.3, -0.25) is 9.59 Å². The molecule has 1 aliphatic heterocycles. The molecule has 0 bridgehead atoms. The van der Waals surface area contributed by atoms with E-state index in [0.29, 0.717) is 17.4 Å². The molecular formula is C16H12F3NO4S. The highest BCUT2D eigenvalue weighted by Gasteiger charge is 2.56. The normalized spacial score (nSPS) is 16.1. The van der Waals surface area contributed by atoms with Gasteiger partial charge in [-0.05, 0) is 30.5 Å². The van der Waals surface area contributed by atoms with Crippen LogP contribution in [0.1, 0.15) is 27.7 Å². The van der Waals surface area contributed by atoms with Crippen molar-refractivity contribution in [1.29, 1.82) is 0 Å². The predicted octanol–water partition coefficient (Wildman–Crippen LogP) is 3.12. The Morgan fingerprint density at radius 2 is 2.04 bits per heavy atom. The van der Waals surface area contributed by atoms with Crippen molar-refractivity contribution in [3.8, 4) is 5.75 Å². The first-order chi connectivity index (χ1) is 11.6. The first-order valence-electron chi connectivity index (χ1n) is 7.10. The van der Waals surface area contributed by atoms with Crippen molar-refractivity contribution >= 4 is 28.7 Å². The summed E-state index contributed by atoms with van der Waals surface area (Å²) < 4.78 is 44.0. The van der Waals surface area contributed by atoms with Crippen LogP contribution in [-0.4, -0.2) is 28.6 Å². The molecule has 1 atom stereocenters. The van der Waals surface area contributed by atoms with Crippen LogP contribution >= 0.6 is 11.3 Å². The number of alkyl halides is 3. The van der Waals surface area contributed by atoms with Gasteiger partial charge in [0.2, 0.25) is 11.4 Å². The number of hydrogen-bond donors (Lipinski definition) is 2. The van der Waals surface area contributed by atoms with Crippen LogP contribution in [0.3, 0.4) is 0 Å². The molecule has 0 unspecified atom stereocenters. The van der Waals surface area contributed by atoms with Crippen molar-refractivity contribution in [2.75, 3.05) is 5.32 Å². The Hall–Kier alpha value is -2.39. The number of ether oxygens (including phenoxy) is 1. The van der Waals surface area contributed by atoms with Gasteiger partial charge in [-0.25, -0.2) is 0 Å². The number of thiophene rings is 1. The molecule has 3 rings (SSSR count). The number of benzene rings is 1. The summed E-state index contributed by atoms with van der Waals surface area (Å²) in [6, 6.07) is 5.92. The van der Waals surface area contributed by atoms with Crippen LogP contribution in [0.15, 0.2) is 29.6 Å². The fourth-order valence-corrected chi connectivity index (χ4v) is 3.14. The third-order valence-corrected chi connectivity index (χ3v) is 4.79. The quantitative estimate of drug-likeness (QED) is 0.851. The van der Waals surface area contributed by atoms with Crippen molar-refractivity contribution in [3.05, 3.63) is 45.6 Å². The molecule has 0 saturated carbocycles. The molecule has 0 radical (unpaired) electrons. The van der Waals surface area contributed by atoms with Gasteiger partial charge in [0.05, 0.1) is 16.1 Å². The number of hydrogen-bond acceptors (Lipinski definition) is 5. The summed E-state index contributed by atoms with van der Waals surface area (Å²) >= 11 is 1.18. The molecule has 25 heavy (non-hydrogen) atoms. The maximum absolute atomic E-state index is 12.8. The zero-order chi connectivity index (χ0) is 18.4. The van der Waals surface area contributed by atoms with E-state index in [1.54, 1.807) is 11.4 Å². The first kappa shape index (κ1) is 17.4. The van der Waals surface area contributed by atoms with E-state index >= 15 is 0 Å². The van der Waals surface area contributed by atoms with E-state index in [2.05, 4.69) is 0 Å². The van der Waals surface area contributed by atoms with Gasteiger partial charge in [0.1, 0.15) is 12.4 Å². The molecule has 2 N–H and O–H groups in total. The van der Waals surface area contributed by atoms with Crippen LogP contribution in [-0.2, 0) is 11.4 Å². The summed E-state index contributed by atoms with van der Waals surface area (Å²) in [5.41, 5.74) is -3.14. The van der Waals surface area contributed by atoms with Gasteiger partial charge in [0.25, 0.3) is 5.91 Å². The lowest BCUT2D eigenvalue weighted by Gasteiger charge is -2.25. The van der Waals surface area contributed by atoms with Gasteiger partial charge >= 0.3 is 6.18 Å². The number of amides is 1. The van der Waals surface area contributed by atoms with Crippen LogP contribution in [0.4, 0.5) is 18.9 Å². The van der Waals surface area contributed by atoms with Crippen LogP contribution in [0.25, 0.3) is 0 Å². The third-order valence-electron chi connectivity index (χ3n) is 3.83. The monoisotopic (exact) mass is 371 g/mol. The van der Waals surface area contributed by atoms with E-state index in [-0.39, 0.29) is 23.6 Å². The first-order valence-corrected chi connectivity index (χ1v) is 7.98. The Bertz CT molecular complexity index is 857. The zero-order valence-corrected chi connectivity index (χ0v) is 13.6. The molecule has 2 heterocycles. The lowest BCUT2D eigenvalue weighted by molar-refractivity contribution is -0.242. The zero-order valence-electron chi connectivity index (χ0n) is 12.8. The summed E-state index contributed by atoms with van der Waals surface area (Å²) in [6.07, 6.45) is -5.16. The number of anilines is 1. The number of nitrogens with one attached hydrogen (secondary N) is 1. The number of carbonyl (C=O) groups excluding carboxylic acids is 2. The second-order valence-corrected chi connectivity index (χ2v) is 6.51. The minimum absolute atomic E-state index is 0.0463. The molecule has 132 valence electrons. The largest absolute Gasteiger partial charge is 0.488 e. The fourth-order valence-electron chi connectivity index (χ4n) is 2.28. The molecule has 0 saturated heterocycles. The van der Waals surface area contributed by atoms with Gasteiger partial charge in [0.15, 0.2) is 0 Å². The molecule has 5 nitrogen and oxygen atoms in total. The predicted molar refractivity (Wildman–Crippen MR) is 83.8 cm³/mol. The van der Waals surface area contributed by atoms with Gasteiger partial charge in [0, 0.05) is 5.56 Å². The van der Waals surface area contributed by atoms with E-state index in [1.807, 2.05) is 5.32 Å². The van der Waals surface area contributed by atoms with Gasteiger partial charge in [-0.1, -0.05) is 6.07 Å². The van der Waals surface area contributed by atoms with Crippen molar-refractivity contribution < 1.29 is 32.6 Å². The van der Waals surface area contributed by atoms with Crippen molar-refractivity contribution in [2.24, 2.45) is 0 Å². The molecule has 0 spiro atoms. The standard InChI is InChI=1S/C16H12F3NO4S/c1-15(23,16(17,18)19)14(22)20-9-3-2-4-10-11(9)12(21)13-8(7-24-10)5-6-25-13/h2-6,23H,7H2,1H3,(H,20,22)/t15-/m1/s1. The van der Waals surface area contributed by atoms with Gasteiger partial charge in [-0.15, -0.1) is 11.3 Å². The van der Waals surface area contributed by atoms with Crippen LogP contribution in [0.2, 0.25) is 0 Å². The molecule has 1 aromatic heterocycles. The maximum Gasteiger partial charge on any atom is 0.426 e. The van der Waals surface area contributed by atoms with Crippen molar-refractivity contribution in [3.63, 3.8) is 0 Å². The average molecular weight is 371 g/mol. The molecule has 0 fully saturated rings. The van der Waals surface area contributed by atoms with Gasteiger partial charge in [-0.2, -0.15) is 13.2 Å². The SMILES string of the molecule is C[C@@](O)(C(=O)Nc1cccc2c1C(=O)c1sccc1CO2)C(F)(F)F. The Labute approximate surface area is 144 Å². The molecule has 1 aliphatic rings. The second kappa shape index (κ2) is 5.85. The number of rotatable bonds is 2. The van der Waals surface area contributed by atoms with Crippen molar-refractivity contribution in [1.82, 2.24) is 0 Å². The van der Waals surface area contributed by atoms with E-state index in [0.717, 1.165) is 0 Å². The summed E-state index contributed by atoms with van der Waals surface area (Å²) in [7, 11) is 0. The average Bonchev–Trinajstić information content (AvgIpc) is 2.95. The van der Waals surface area contributed by atoms with Gasteiger partial charge < -0.3 is 15.2 Å². The number of fused-ring (bicyclic) bond motifs is 2. The Balaban J connectivity index is 2.01. The van der Waals surface area contributed by atoms with E-state index in [9.17, 15) is 27.9 Å². The maximum atomic E-state index is 12.8. The number of aliphatic hydroxyl groups is 1. The number of halogens is 3. The third kappa shape index (κ3) is 2.89. The summed E-state index contributed by atoms with van der Waals surface area (Å²) in [5.74, 6) is -1.99. The second-order valence-electron chi connectivity index (χ2n) is 5.60. The Morgan fingerprint density at radius 1 is 1.32 bits per heavy atom. The topological polar surface area (TPSA) is 75.6 Å². The molecule has 2 aromatic rings. The lowest BCUT2D eigenvalue weighted by Crippen LogP contribution is -2.52. The minimum Gasteiger partial charge on any atom is -0.488 e. The fraction of sp³-hybridized carbons (Fsp3) is 0.250. The van der Waals surface area contributed by atoms with E-state index in [4.69, 9.17) is 4.74 Å². The van der Waals surface area contributed by atoms with E-state index in [1.165, 1.54) is 29.5 Å². The summed E-state index contributed by atoms with van der Waals surface area (Å²) in [4.78, 5) is 25.0. The van der Waals surface area contributed by atoms with Crippen molar-refractivity contribution in [2.45, 2.75) is 25.3 Å². The molecular weight excluding hydrogens is 359 g/mol. The minimum atomic E-state index is -5.16.